The second-order valence-corrected chi connectivity index (χ2v) is 4.13. The maximum Gasteiger partial charge on any atom is 0.411 e. The van der Waals surface area contributed by atoms with Gasteiger partial charge in [-0.05, 0) is 12.5 Å². The van der Waals surface area contributed by atoms with Gasteiger partial charge in [0.15, 0.2) is 0 Å². The second-order valence-electron chi connectivity index (χ2n) is 3.69. The number of hydrogen-bond acceptors (Lipinski definition) is 4. The molecule has 4 nitrogen and oxygen atoms in total. The first-order valence-electron chi connectivity index (χ1n) is 5.10. The Balaban J connectivity index is 2.45. The Morgan fingerprint density at radius 2 is 2.11 bits per heavy atom. The summed E-state index contributed by atoms with van der Waals surface area (Å²) < 4.78 is 39.9. The van der Waals surface area contributed by atoms with Crippen molar-refractivity contribution in [1.29, 1.82) is 0 Å². The van der Waals surface area contributed by atoms with Crippen LogP contribution in [0.4, 0.5) is 19.0 Å². The van der Waals surface area contributed by atoms with E-state index in [1.54, 1.807) is 0 Å². The molecule has 0 radical (unpaired) electrons. The maximum atomic E-state index is 11.8. The van der Waals surface area contributed by atoms with Gasteiger partial charge in [0.05, 0.1) is 5.02 Å². The van der Waals surface area contributed by atoms with Crippen molar-refractivity contribution < 1.29 is 17.9 Å². The molecule has 8 heteroatoms. The van der Waals surface area contributed by atoms with Gasteiger partial charge in [-0.3, -0.25) is 0 Å². The summed E-state index contributed by atoms with van der Waals surface area (Å²) in [5, 5.41) is 0.367. The molecule has 102 valence electrons. The lowest BCUT2D eigenvalue weighted by Crippen LogP contribution is -2.20. The lowest BCUT2D eigenvalue weighted by Gasteiger charge is -2.14. The van der Waals surface area contributed by atoms with Crippen molar-refractivity contribution in [2.45, 2.75) is 18.6 Å². The maximum absolute atomic E-state index is 11.8. The molecule has 1 aromatic rings. The number of halogens is 4. The highest BCUT2D eigenvalue weighted by Gasteiger charge is 2.27. The van der Waals surface area contributed by atoms with Crippen LogP contribution in [0.15, 0.2) is 12.3 Å². The molecule has 1 heterocycles. The van der Waals surface area contributed by atoms with E-state index in [1.807, 2.05) is 0 Å². The minimum atomic E-state index is -4.33. The molecule has 0 fully saturated rings. The molecule has 0 saturated carbocycles. The Morgan fingerprint density at radius 1 is 1.44 bits per heavy atom. The average Bonchev–Trinajstić information content (AvgIpc) is 2.26. The monoisotopic (exact) mass is 283 g/mol. The van der Waals surface area contributed by atoms with Crippen LogP contribution in [0.25, 0.3) is 0 Å². The van der Waals surface area contributed by atoms with Gasteiger partial charge in [-0.1, -0.05) is 11.6 Å². The number of anilines is 1. The number of hydrogen-bond donors (Lipinski definition) is 2. The van der Waals surface area contributed by atoms with Crippen LogP contribution in [0.5, 0.6) is 0 Å². The van der Waals surface area contributed by atoms with Crippen molar-refractivity contribution in [3.63, 3.8) is 0 Å². The fraction of sp³-hybridized carbons (Fsp3) is 0.500. The number of alkyl halides is 3. The zero-order chi connectivity index (χ0) is 13.8. The van der Waals surface area contributed by atoms with Gasteiger partial charge in [-0.25, -0.2) is 4.98 Å². The topological polar surface area (TPSA) is 74.2 Å². The summed E-state index contributed by atoms with van der Waals surface area (Å²) in [5.74, 6) is 0.211. The molecule has 0 aromatic carbocycles. The molecule has 0 bridgehead atoms. The quantitative estimate of drug-likeness (QED) is 0.813. The van der Waals surface area contributed by atoms with Crippen LogP contribution in [0.3, 0.4) is 0 Å². The molecule has 1 atom stereocenters. The largest absolute Gasteiger partial charge is 0.411 e. The van der Waals surface area contributed by atoms with Crippen LogP contribution in [-0.2, 0) is 4.74 Å². The minimum absolute atomic E-state index is 0.118. The molecule has 0 saturated heterocycles. The van der Waals surface area contributed by atoms with E-state index in [0.717, 1.165) is 0 Å². The van der Waals surface area contributed by atoms with Crippen molar-refractivity contribution >= 4 is 17.4 Å². The number of ether oxygens (including phenoxy) is 1. The highest BCUT2D eigenvalue weighted by molar-refractivity contribution is 6.30. The van der Waals surface area contributed by atoms with Crippen molar-refractivity contribution in [2.24, 2.45) is 5.73 Å². The molecule has 0 spiro atoms. The van der Waals surface area contributed by atoms with Gasteiger partial charge < -0.3 is 16.2 Å². The van der Waals surface area contributed by atoms with E-state index in [9.17, 15) is 13.2 Å². The molecule has 4 N–H and O–H groups in total. The van der Waals surface area contributed by atoms with Gasteiger partial charge in [0, 0.05) is 24.4 Å². The van der Waals surface area contributed by atoms with Crippen LogP contribution in [-0.4, -0.2) is 24.4 Å². The summed E-state index contributed by atoms with van der Waals surface area (Å²) in [5.41, 5.74) is 11.9. The van der Waals surface area contributed by atoms with E-state index in [1.165, 1.54) is 12.3 Å². The first kappa shape index (κ1) is 15.0. The number of aromatic nitrogens is 1. The van der Waals surface area contributed by atoms with Crippen LogP contribution < -0.4 is 11.5 Å². The lowest BCUT2D eigenvalue weighted by molar-refractivity contribution is -0.174. The number of rotatable bonds is 5. The van der Waals surface area contributed by atoms with Crippen molar-refractivity contribution in [2.75, 3.05) is 18.9 Å². The summed E-state index contributed by atoms with van der Waals surface area (Å²) in [7, 11) is 0. The third-order valence-electron chi connectivity index (χ3n) is 2.15. The highest BCUT2D eigenvalue weighted by atomic mass is 35.5. The second kappa shape index (κ2) is 6.21. The lowest BCUT2D eigenvalue weighted by atomic mass is 10.1. The van der Waals surface area contributed by atoms with E-state index in [2.05, 4.69) is 9.72 Å². The molecule has 0 aliphatic heterocycles. The van der Waals surface area contributed by atoms with Crippen LogP contribution in [0.1, 0.15) is 18.0 Å². The molecule has 0 aliphatic rings. The SMILES string of the molecule is Nc1ncc(Cl)cc1C(N)CCOCC(F)(F)F. The van der Waals surface area contributed by atoms with Gasteiger partial charge in [-0.2, -0.15) is 13.2 Å². The summed E-state index contributed by atoms with van der Waals surface area (Å²) in [6.45, 7) is -1.41. The van der Waals surface area contributed by atoms with E-state index in [0.29, 0.717) is 10.6 Å². The molecule has 1 unspecified atom stereocenters. The number of pyridine rings is 1. The number of nitrogens with two attached hydrogens (primary N) is 2. The van der Waals surface area contributed by atoms with Gasteiger partial charge in [0.1, 0.15) is 12.4 Å². The third kappa shape index (κ3) is 5.07. The third-order valence-corrected chi connectivity index (χ3v) is 2.36. The Morgan fingerprint density at radius 3 is 2.72 bits per heavy atom. The van der Waals surface area contributed by atoms with E-state index >= 15 is 0 Å². The Bertz CT molecular complexity index is 400. The molecule has 18 heavy (non-hydrogen) atoms. The van der Waals surface area contributed by atoms with Gasteiger partial charge in [-0.15, -0.1) is 0 Å². The molecule has 0 amide bonds. The zero-order valence-corrected chi connectivity index (χ0v) is 10.1. The predicted molar refractivity (Wildman–Crippen MR) is 62.1 cm³/mol. The summed E-state index contributed by atoms with van der Waals surface area (Å²) in [4.78, 5) is 3.81. The zero-order valence-electron chi connectivity index (χ0n) is 9.38. The Labute approximate surface area is 107 Å². The summed E-state index contributed by atoms with van der Waals surface area (Å²) in [6.07, 6.45) is -2.77. The molecular formula is C10H13ClF3N3O. The standard InChI is InChI=1S/C10H13ClF3N3O/c11-6-3-7(9(16)17-4-6)8(15)1-2-18-5-10(12,13)14/h3-4,8H,1-2,5,15H2,(H2,16,17). The molecule has 1 aromatic heterocycles. The first-order valence-corrected chi connectivity index (χ1v) is 5.48. The highest BCUT2D eigenvalue weighted by Crippen LogP contribution is 2.23. The van der Waals surface area contributed by atoms with Gasteiger partial charge in [0.25, 0.3) is 0 Å². The number of nitrogens with zero attached hydrogens (tertiary/aromatic N) is 1. The van der Waals surface area contributed by atoms with E-state index < -0.39 is 18.8 Å². The molecule has 0 aliphatic carbocycles. The molecular weight excluding hydrogens is 271 g/mol. The van der Waals surface area contributed by atoms with Gasteiger partial charge >= 0.3 is 6.18 Å². The normalized spacial score (nSPS) is 13.6. The van der Waals surface area contributed by atoms with Crippen LogP contribution >= 0.6 is 11.6 Å². The summed E-state index contributed by atoms with van der Waals surface area (Å²) in [6, 6.07) is 0.975. The number of nitrogen functional groups attached to an aromatic ring is 1. The first-order chi connectivity index (χ1) is 8.29. The average molecular weight is 284 g/mol. The fourth-order valence-electron chi connectivity index (χ4n) is 1.32. The minimum Gasteiger partial charge on any atom is -0.383 e. The van der Waals surface area contributed by atoms with E-state index in [4.69, 9.17) is 23.1 Å². The molecule has 1 rings (SSSR count). The van der Waals surface area contributed by atoms with Crippen molar-refractivity contribution in [3.05, 3.63) is 22.8 Å². The van der Waals surface area contributed by atoms with Crippen molar-refractivity contribution in [1.82, 2.24) is 4.98 Å². The fourth-order valence-corrected chi connectivity index (χ4v) is 1.48. The van der Waals surface area contributed by atoms with Crippen LogP contribution in [0, 0.1) is 0 Å². The Hall–Kier alpha value is -1.05. The predicted octanol–water partition coefficient (Wildman–Crippen LogP) is 2.29. The Kier molecular flexibility index (Phi) is 5.18. The van der Waals surface area contributed by atoms with Gasteiger partial charge in [0.2, 0.25) is 0 Å². The summed E-state index contributed by atoms with van der Waals surface area (Å²) >= 11 is 5.73. The smallest absolute Gasteiger partial charge is 0.383 e. The van der Waals surface area contributed by atoms with Crippen LogP contribution in [0.2, 0.25) is 5.02 Å². The van der Waals surface area contributed by atoms with Crippen molar-refractivity contribution in [3.8, 4) is 0 Å². The van der Waals surface area contributed by atoms with E-state index in [-0.39, 0.29) is 18.8 Å².